The van der Waals surface area contributed by atoms with Crippen molar-refractivity contribution in [3.8, 4) is 28.1 Å². The average molecular weight is 505 g/mol. The fraction of sp³-hybridized carbons (Fsp3) is 0.108. The Labute approximate surface area is 230 Å². The van der Waals surface area contributed by atoms with Gasteiger partial charge in [0.25, 0.3) is 0 Å². The number of hydrogen-bond acceptors (Lipinski definition) is 1. The molecule has 0 atom stereocenters. The molecule has 0 radical (unpaired) electrons. The molecule has 0 fully saturated rings. The number of hydrogen-bond donors (Lipinski definition) is 0. The molecular formula is C37H32N2. The monoisotopic (exact) mass is 504 g/mol. The zero-order valence-electron chi connectivity index (χ0n) is 22.5. The van der Waals surface area contributed by atoms with Crippen LogP contribution in [0.5, 0.6) is 0 Å². The molecule has 2 aromatic heterocycles. The van der Waals surface area contributed by atoms with Crippen molar-refractivity contribution in [1.29, 1.82) is 0 Å². The van der Waals surface area contributed by atoms with Crippen molar-refractivity contribution in [3.63, 3.8) is 0 Å². The van der Waals surface area contributed by atoms with Gasteiger partial charge in [-0.2, -0.15) is 0 Å². The van der Waals surface area contributed by atoms with Gasteiger partial charge in [-0.05, 0) is 66.4 Å². The lowest BCUT2D eigenvalue weighted by atomic mass is 9.99. The molecule has 2 nitrogen and oxygen atoms in total. The summed E-state index contributed by atoms with van der Waals surface area (Å²) in [5.74, 6) is 0. The van der Waals surface area contributed by atoms with E-state index in [4.69, 9.17) is 4.98 Å². The van der Waals surface area contributed by atoms with Crippen molar-refractivity contribution in [2.24, 2.45) is 0 Å². The van der Waals surface area contributed by atoms with Crippen molar-refractivity contribution in [3.05, 3.63) is 145 Å². The van der Waals surface area contributed by atoms with Crippen LogP contribution in [0.3, 0.4) is 0 Å². The highest BCUT2D eigenvalue weighted by Gasteiger charge is 2.14. The van der Waals surface area contributed by atoms with Crippen LogP contribution in [-0.2, 0) is 6.42 Å². The van der Waals surface area contributed by atoms with Crippen molar-refractivity contribution >= 4 is 21.8 Å². The Kier molecular flexibility index (Phi) is 6.93. The minimum absolute atomic E-state index is 0.785. The van der Waals surface area contributed by atoms with Crippen LogP contribution in [0.1, 0.15) is 24.6 Å². The summed E-state index contributed by atoms with van der Waals surface area (Å²) in [5, 5.41) is 2.55. The van der Waals surface area contributed by atoms with E-state index in [-0.39, 0.29) is 0 Å². The molecule has 190 valence electrons. The third-order valence-electron chi connectivity index (χ3n) is 7.13. The standard InChI is InChI=1S/C37H32N2/c1-3-4-5-6-10-17-31-24-30(26-35(38-31)28-15-8-7-9-16-28)29-22-27(2)23-32(25-29)39-36-20-13-11-18-33(36)34-19-12-14-21-37(34)39/h4-16,18-26H,3,17H2,1-2H3/b5-4-,10-6-. The number of pyridine rings is 1. The molecule has 0 N–H and O–H groups in total. The summed E-state index contributed by atoms with van der Waals surface area (Å²) in [7, 11) is 0. The molecule has 0 aliphatic heterocycles. The summed E-state index contributed by atoms with van der Waals surface area (Å²) in [6, 6.07) is 39.2. The molecular weight excluding hydrogens is 472 g/mol. The number of nitrogens with zero attached hydrogens (tertiary/aromatic N) is 2. The van der Waals surface area contributed by atoms with Gasteiger partial charge in [-0.3, -0.25) is 4.98 Å². The fourth-order valence-electron chi connectivity index (χ4n) is 5.36. The maximum absolute atomic E-state index is 5.04. The summed E-state index contributed by atoms with van der Waals surface area (Å²) in [5.41, 5.74) is 10.4. The normalized spacial score (nSPS) is 11.8. The fourth-order valence-corrected chi connectivity index (χ4v) is 5.36. The first-order valence-electron chi connectivity index (χ1n) is 13.7. The Morgan fingerprint density at radius 3 is 2.00 bits per heavy atom. The maximum atomic E-state index is 5.04. The quantitative estimate of drug-likeness (QED) is 0.198. The van der Waals surface area contributed by atoms with Crippen molar-refractivity contribution in [2.45, 2.75) is 26.7 Å². The Morgan fingerprint density at radius 1 is 0.641 bits per heavy atom. The lowest BCUT2D eigenvalue weighted by Crippen LogP contribution is -1.97. The van der Waals surface area contributed by atoms with Crippen LogP contribution in [0.15, 0.2) is 133 Å². The lowest BCUT2D eigenvalue weighted by Gasteiger charge is -2.14. The summed E-state index contributed by atoms with van der Waals surface area (Å²) in [6.45, 7) is 4.33. The lowest BCUT2D eigenvalue weighted by molar-refractivity contribution is 1.11. The van der Waals surface area contributed by atoms with E-state index in [0.29, 0.717) is 0 Å². The Morgan fingerprint density at radius 2 is 1.28 bits per heavy atom. The highest BCUT2D eigenvalue weighted by atomic mass is 15.0. The van der Waals surface area contributed by atoms with Gasteiger partial charge in [-0.25, -0.2) is 0 Å². The molecule has 0 amide bonds. The van der Waals surface area contributed by atoms with E-state index in [9.17, 15) is 0 Å². The van der Waals surface area contributed by atoms with Gasteiger partial charge in [-0.1, -0.05) is 104 Å². The van der Waals surface area contributed by atoms with Crippen LogP contribution in [0, 0.1) is 6.92 Å². The largest absolute Gasteiger partial charge is 0.309 e. The number of aryl methyl sites for hydroxylation is 1. The summed E-state index contributed by atoms with van der Waals surface area (Å²) in [6.07, 6.45) is 10.4. The van der Waals surface area contributed by atoms with Gasteiger partial charge < -0.3 is 4.57 Å². The third kappa shape index (κ3) is 5.06. The second-order valence-electron chi connectivity index (χ2n) is 9.99. The first kappa shape index (κ1) is 24.6. The Bertz CT molecular complexity index is 1770. The number of benzene rings is 4. The molecule has 0 unspecified atom stereocenters. The van der Waals surface area contributed by atoms with Gasteiger partial charge in [-0.15, -0.1) is 0 Å². The third-order valence-corrected chi connectivity index (χ3v) is 7.13. The smallest absolute Gasteiger partial charge is 0.0711 e. The first-order chi connectivity index (χ1) is 19.2. The molecule has 2 heteroatoms. The molecule has 0 aliphatic rings. The van der Waals surface area contributed by atoms with Gasteiger partial charge >= 0.3 is 0 Å². The second-order valence-corrected chi connectivity index (χ2v) is 9.99. The predicted octanol–water partition coefficient (Wildman–Crippen LogP) is 9.89. The van der Waals surface area contributed by atoms with Gasteiger partial charge in [0, 0.05) is 34.1 Å². The van der Waals surface area contributed by atoms with Gasteiger partial charge in [0.15, 0.2) is 0 Å². The number of aromatic nitrogens is 2. The number of para-hydroxylation sites is 2. The molecule has 4 aromatic carbocycles. The SMILES string of the molecule is CC/C=C\C=C/Cc1cc(-c2cc(C)cc(-n3c4ccccc4c4ccccc43)c2)cc(-c2ccccc2)n1. The topological polar surface area (TPSA) is 17.8 Å². The molecule has 39 heavy (non-hydrogen) atoms. The van der Waals surface area contributed by atoms with Crippen molar-refractivity contribution < 1.29 is 0 Å². The molecule has 6 rings (SSSR count). The minimum Gasteiger partial charge on any atom is -0.309 e. The Hall–Kier alpha value is -4.69. The van der Waals surface area contributed by atoms with Crippen LogP contribution in [-0.4, -0.2) is 9.55 Å². The Balaban J connectivity index is 1.50. The number of allylic oxidation sites excluding steroid dienone is 4. The van der Waals surface area contributed by atoms with E-state index in [1.165, 1.54) is 44.2 Å². The number of rotatable bonds is 7. The maximum Gasteiger partial charge on any atom is 0.0711 e. The van der Waals surface area contributed by atoms with E-state index in [1.807, 2.05) is 0 Å². The van der Waals surface area contributed by atoms with Crippen LogP contribution < -0.4 is 0 Å². The molecule has 0 spiro atoms. The highest BCUT2D eigenvalue weighted by molar-refractivity contribution is 6.09. The second kappa shape index (κ2) is 11.0. The average Bonchev–Trinajstić information content (AvgIpc) is 3.31. The van der Waals surface area contributed by atoms with E-state index in [1.54, 1.807) is 0 Å². The highest BCUT2D eigenvalue weighted by Crippen LogP contribution is 2.34. The van der Waals surface area contributed by atoms with Crippen LogP contribution in [0.2, 0.25) is 0 Å². The summed E-state index contributed by atoms with van der Waals surface area (Å²) >= 11 is 0. The van der Waals surface area contributed by atoms with Gasteiger partial charge in [0.2, 0.25) is 0 Å². The van der Waals surface area contributed by atoms with E-state index in [2.05, 4.69) is 152 Å². The first-order valence-corrected chi connectivity index (χ1v) is 13.7. The molecule has 6 aromatic rings. The van der Waals surface area contributed by atoms with Crippen molar-refractivity contribution in [2.75, 3.05) is 0 Å². The molecule has 2 heterocycles. The van der Waals surface area contributed by atoms with E-state index < -0.39 is 0 Å². The van der Waals surface area contributed by atoms with Crippen LogP contribution >= 0.6 is 0 Å². The van der Waals surface area contributed by atoms with E-state index >= 15 is 0 Å². The summed E-state index contributed by atoms with van der Waals surface area (Å²) < 4.78 is 2.39. The molecule has 0 aliphatic carbocycles. The number of fused-ring (bicyclic) bond motifs is 3. The zero-order chi connectivity index (χ0) is 26.6. The van der Waals surface area contributed by atoms with E-state index in [0.717, 1.165) is 29.8 Å². The molecule has 0 bridgehead atoms. The summed E-state index contributed by atoms with van der Waals surface area (Å²) in [4.78, 5) is 5.04. The minimum atomic E-state index is 0.785. The predicted molar refractivity (Wildman–Crippen MR) is 166 cm³/mol. The van der Waals surface area contributed by atoms with Crippen LogP contribution in [0.4, 0.5) is 0 Å². The molecule has 0 saturated carbocycles. The van der Waals surface area contributed by atoms with Crippen LogP contribution in [0.25, 0.3) is 49.9 Å². The zero-order valence-corrected chi connectivity index (χ0v) is 22.5. The van der Waals surface area contributed by atoms with Gasteiger partial charge in [0.1, 0.15) is 0 Å². The van der Waals surface area contributed by atoms with Gasteiger partial charge in [0.05, 0.1) is 16.7 Å². The molecule has 0 saturated heterocycles. The van der Waals surface area contributed by atoms with Crippen molar-refractivity contribution in [1.82, 2.24) is 9.55 Å².